The minimum absolute atomic E-state index is 1.17. The van der Waals surface area contributed by atoms with Crippen molar-refractivity contribution in [3.05, 3.63) is 20.2 Å². The van der Waals surface area contributed by atoms with Crippen LogP contribution in [0.1, 0.15) is 12.8 Å². The zero-order valence-electron chi connectivity index (χ0n) is 4.32. The monoisotopic (exact) mass is 284 g/mol. The van der Waals surface area contributed by atoms with E-state index in [1.807, 2.05) is 0 Å². The molecule has 0 spiro atoms. The lowest BCUT2D eigenvalue weighted by Gasteiger charge is -2.01. The predicted octanol–water partition coefficient (Wildman–Crippen LogP) is 3.38. The molecule has 0 unspecified atom stereocenters. The summed E-state index contributed by atoms with van der Waals surface area (Å²) in [5, 5.41) is 0. The average Bonchev–Trinajstić information content (AvgIpc) is 1.64. The Bertz CT molecular complexity index is 147. The fourth-order valence-corrected chi connectivity index (χ4v) is 2.22. The molecule has 0 amide bonds. The number of halogens is 2. The minimum atomic E-state index is 1.17. The van der Waals surface area contributed by atoms with E-state index in [1.165, 1.54) is 20.9 Å². The third-order valence-electron chi connectivity index (χ3n) is 1.02. The third-order valence-corrected chi connectivity index (χ3v) is 2.39. The van der Waals surface area contributed by atoms with Crippen molar-refractivity contribution in [2.45, 2.75) is 12.8 Å². The van der Waals surface area contributed by atoms with Gasteiger partial charge in [0, 0.05) is 3.58 Å². The van der Waals surface area contributed by atoms with Crippen molar-refractivity contribution in [2.24, 2.45) is 0 Å². The molecule has 0 aliphatic heterocycles. The van der Waals surface area contributed by atoms with Gasteiger partial charge in [0.05, 0.1) is 0 Å². The van der Waals surface area contributed by atoms with Crippen LogP contribution in [0.25, 0.3) is 0 Å². The van der Waals surface area contributed by atoms with Crippen LogP contribution in [0.2, 0.25) is 0 Å². The Hall–Kier alpha value is 0.690. The van der Waals surface area contributed by atoms with E-state index in [-0.39, 0.29) is 0 Å². The molecule has 8 heavy (non-hydrogen) atoms. The maximum absolute atomic E-state index is 3.44. The highest BCUT2D eigenvalue weighted by molar-refractivity contribution is 14.1. The topological polar surface area (TPSA) is 0 Å². The van der Waals surface area contributed by atoms with Crippen LogP contribution in [0.4, 0.5) is 0 Å². The van der Waals surface area contributed by atoms with Crippen molar-refractivity contribution < 1.29 is 0 Å². The second-order valence-electron chi connectivity index (χ2n) is 1.72. The summed E-state index contributed by atoms with van der Waals surface area (Å²) >= 11 is 5.77. The van der Waals surface area contributed by atoms with Gasteiger partial charge in [-0.1, -0.05) is 22.0 Å². The predicted molar refractivity (Wildman–Crippen MR) is 48.3 cm³/mol. The molecule has 0 saturated carbocycles. The van der Waals surface area contributed by atoms with Crippen molar-refractivity contribution in [3.63, 3.8) is 0 Å². The highest BCUT2D eigenvalue weighted by Crippen LogP contribution is 2.24. The van der Waals surface area contributed by atoms with E-state index in [2.05, 4.69) is 50.7 Å². The highest BCUT2D eigenvalue weighted by Gasteiger charge is 1.97. The maximum Gasteiger partial charge on any atom is 0.00980 e. The maximum atomic E-state index is 3.44. The zero-order valence-corrected chi connectivity index (χ0v) is 8.07. The lowest BCUT2D eigenvalue weighted by Crippen LogP contribution is -1.79. The Morgan fingerprint density at radius 2 is 2.38 bits per heavy atom. The van der Waals surface area contributed by atoms with Gasteiger partial charge in [-0.25, -0.2) is 0 Å². The molecule has 0 atom stereocenters. The molecule has 0 radical (unpaired) electrons. The molecule has 0 aromatic rings. The van der Waals surface area contributed by atoms with E-state index in [0.717, 1.165) is 0 Å². The molecule has 0 aromatic carbocycles. The molecule has 0 saturated heterocycles. The number of allylic oxidation sites excluding steroid dienone is 4. The van der Waals surface area contributed by atoms with Gasteiger partial charge in [-0.15, -0.1) is 0 Å². The molecule has 2 heteroatoms. The molecule has 0 aromatic heterocycles. The Balaban J connectivity index is 2.69. The van der Waals surface area contributed by atoms with Crippen LogP contribution in [0.5, 0.6) is 0 Å². The first-order valence-electron chi connectivity index (χ1n) is 2.51. The fourth-order valence-electron chi connectivity index (χ4n) is 0.629. The van der Waals surface area contributed by atoms with Crippen molar-refractivity contribution in [1.82, 2.24) is 0 Å². The van der Waals surface area contributed by atoms with Crippen LogP contribution in [-0.4, -0.2) is 0 Å². The van der Waals surface area contributed by atoms with Crippen LogP contribution in [0.15, 0.2) is 20.2 Å². The van der Waals surface area contributed by atoms with Crippen LogP contribution >= 0.6 is 38.5 Å². The Kier molecular flexibility index (Phi) is 2.56. The molecule has 1 aliphatic rings. The second kappa shape index (κ2) is 3.01. The molecule has 0 heterocycles. The van der Waals surface area contributed by atoms with Crippen LogP contribution in [-0.2, 0) is 0 Å². The van der Waals surface area contributed by atoms with Crippen molar-refractivity contribution >= 4 is 38.5 Å². The third kappa shape index (κ3) is 1.90. The van der Waals surface area contributed by atoms with E-state index in [4.69, 9.17) is 0 Å². The van der Waals surface area contributed by atoms with Gasteiger partial charge < -0.3 is 0 Å². The van der Waals surface area contributed by atoms with Crippen LogP contribution in [0.3, 0.4) is 0 Å². The molecular weight excluding hydrogens is 279 g/mol. The van der Waals surface area contributed by atoms with Gasteiger partial charge in [0.1, 0.15) is 0 Å². The van der Waals surface area contributed by atoms with E-state index in [0.29, 0.717) is 0 Å². The summed E-state index contributed by atoms with van der Waals surface area (Å²) in [6.45, 7) is 0. The number of hydrogen-bond donors (Lipinski definition) is 0. The van der Waals surface area contributed by atoms with E-state index < -0.39 is 0 Å². The summed E-state index contributed by atoms with van der Waals surface area (Å²) in [7, 11) is 0. The Labute approximate surface area is 71.3 Å². The molecule has 0 fully saturated rings. The van der Waals surface area contributed by atoms with Crippen molar-refractivity contribution in [1.29, 1.82) is 0 Å². The molecule has 44 valence electrons. The quantitative estimate of drug-likeness (QED) is 0.598. The van der Waals surface area contributed by atoms with Crippen LogP contribution in [0, 0.1) is 0 Å². The highest BCUT2D eigenvalue weighted by atomic mass is 127. The normalized spacial score (nSPS) is 19.8. The summed E-state index contributed by atoms with van der Waals surface area (Å²) < 4.78 is 2.67. The summed E-state index contributed by atoms with van der Waals surface area (Å²) in [5.41, 5.74) is 0. The largest absolute Gasteiger partial charge is 0.0708 e. The second-order valence-corrected chi connectivity index (χ2v) is 3.98. The fraction of sp³-hybridized carbons (Fsp3) is 0.333. The minimum Gasteiger partial charge on any atom is -0.0708 e. The standard InChI is InChI=1S/C6H6BrI/c7-5-2-1-3-6(8)4-5/h3-4H,1-2H2. The average molecular weight is 285 g/mol. The first-order valence-corrected chi connectivity index (χ1v) is 4.38. The Morgan fingerprint density at radius 3 is 2.75 bits per heavy atom. The lowest BCUT2D eigenvalue weighted by atomic mass is 10.2. The smallest absolute Gasteiger partial charge is 0.00980 e. The molecule has 1 rings (SSSR count). The van der Waals surface area contributed by atoms with Gasteiger partial charge in [-0.3, -0.25) is 0 Å². The summed E-state index contributed by atoms with van der Waals surface area (Å²) in [6, 6.07) is 0. The first-order chi connectivity index (χ1) is 3.79. The van der Waals surface area contributed by atoms with Gasteiger partial charge >= 0.3 is 0 Å². The zero-order chi connectivity index (χ0) is 5.98. The molecule has 1 aliphatic carbocycles. The van der Waals surface area contributed by atoms with Gasteiger partial charge in [0.25, 0.3) is 0 Å². The first kappa shape index (κ1) is 6.81. The van der Waals surface area contributed by atoms with Crippen molar-refractivity contribution in [2.75, 3.05) is 0 Å². The summed E-state index contributed by atoms with van der Waals surface area (Å²) in [6.07, 6.45) is 6.76. The molecule has 0 N–H and O–H groups in total. The Morgan fingerprint density at radius 1 is 1.62 bits per heavy atom. The lowest BCUT2D eigenvalue weighted by molar-refractivity contribution is 1.02. The SMILES string of the molecule is BrC1=CC(I)=CCC1. The number of rotatable bonds is 0. The van der Waals surface area contributed by atoms with Gasteiger partial charge in [0.15, 0.2) is 0 Å². The van der Waals surface area contributed by atoms with Gasteiger partial charge in [-0.2, -0.15) is 0 Å². The van der Waals surface area contributed by atoms with E-state index in [9.17, 15) is 0 Å². The molecule has 0 nitrogen and oxygen atoms in total. The van der Waals surface area contributed by atoms with Gasteiger partial charge in [-0.05, 0) is 46.0 Å². The van der Waals surface area contributed by atoms with E-state index >= 15 is 0 Å². The molecular formula is C6H6BrI. The summed E-state index contributed by atoms with van der Waals surface area (Å²) in [5.74, 6) is 0. The molecule has 0 bridgehead atoms. The van der Waals surface area contributed by atoms with Crippen LogP contribution < -0.4 is 0 Å². The van der Waals surface area contributed by atoms with Crippen molar-refractivity contribution in [3.8, 4) is 0 Å². The van der Waals surface area contributed by atoms with E-state index in [1.54, 1.807) is 0 Å². The number of hydrogen-bond acceptors (Lipinski definition) is 0. The van der Waals surface area contributed by atoms with Gasteiger partial charge in [0.2, 0.25) is 0 Å². The summed E-state index contributed by atoms with van der Waals surface area (Å²) in [4.78, 5) is 0.